The number of hydrogen-bond acceptors (Lipinski definition) is 4. The number of benzene rings is 1. The molecule has 0 aliphatic heterocycles. The van der Waals surface area contributed by atoms with E-state index in [-0.39, 0.29) is 5.54 Å². The van der Waals surface area contributed by atoms with Gasteiger partial charge in [-0.1, -0.05) is 0 Å². The zero-order valence-corrected chi connectivity index (χ0v) is 14.9. The maximum atomic E-state index is 12.6. The van der Waals surface area contributed by atoms with Crippen molar-refractivity contribution in [3.63, 3.8) is 0 Å². The first-order chi connectivity index (χ1) is 9.51. The summed E-state index contributed by atoms with van der Waals surface area (Å²) in [7, 11) is 2.18. The third kappa shape index (κ3) is 4.18. The van der Waals surface area contributed by atoms with Crippen LogP contribution in [0.1, 0.15) is 25.0 Å². The Morgan fingerprint density at radius 1 is 1.14 bits per heavy atom. The summed E-state index contributed by atoms with van der Waals surface area (Å²) in [5, 5.41) is 3.04. The van der Waals surface area contributed by atoms with Crippen LogP contribution in [0.2, 0.25) is 0 Å². The summed E-state index contributed by atoms with van der Waals surface area (Å²) in [5.74, 6) is 0. The molecule has 0 atom stereocenters. The van der Waals surface area contributed by atoms with Crippen molar-refractivity contribution in [1.82, 2.24) is 9.62 Å². The third-order valence-electron chi connectivity index (χ3n) is 3.92. The molecule has 1 aromatic rings. The second-order valence-corrected chi connectivity index (χ2v) is 7.92. The summed E-state index contributed by atoms with van der Waals surface area (Å²) in [6, 6.07) is 3.69. The van der Waals surface area contributed by atoms with E-state index in [1.807, 2.05) is 65.9 Å². The summed E-state index contributed by atoms with van der Waals surface area (Å²) in [4.78, 5) is 2.37. The normalized spacial score (nSPS) is 12.8. The van der Waals surface area contributed by atoms with Crippen molar-refractivity contribution in [2.75, 3.05) is 33.0 Å². The maximum absolute atomic E-state index is 12.6. The molecule has 0 saturated heterocycles. The van der Waals surface area contributed by atoms with Gasteiger partial charge < -0.3 is 10.2 Å². The van der Waals surface area contributed by atoms with Crippen LogP contribution >= 0.6 is 0 Å². The first kappa shape index (κ1) is 17.9. The number of nitrogens with one attached hydrogen (secondary N) is 2. The first-order valence-electron chi connectivity index (χ1n) is 6.97. The molecule has 0 saturated carbocycles. The van der Waals surface area contributed by atoms with Gasteiger partial charge in [-0.25, -0.2) is 13.1 Å². The maximum Gasteiger partial charge on any atom is 0.241 e. The van der Waals surface area contributed by atoms with Gasteiger partial charge in [0.2, 0.25) is 10.0 Å². The van der Waals surface area contributed by atoms with E-state index in [2.05, 4.69) is 10.0 Å². The second kappa shape index (κ2) is 6.34. The van der Waals surface area contributed by atoms with Gasteiger partial charge in [0.1, 0.15) is 0 Å². The van der Waals surface area contributed by atoms with E-state index >= 15 is 0 Å². The van der Waals surface area contributed by atoms with Crippen LogP contribution in [-0.2, 0) is 10.0 Å². The van der Waals surface area contributed by atoms with Crippen LogP contribution in [0.15, 0.2) is 17.0 Å². The van der Waals surface area contributed by atoms with E-state index in [4.69, 9.17) is 0 Å². The van der Waals surface area contributed by atoms with Crippen LogP contribution < -0.4 is 10.0 Å². The molecular formula is C15H27N3O2S. The smallest absolute Gasteiger partial charge is 0.241 e. The van der Waals surface area contributed by atoms with Crippen LogP contribution in [0.25, 0.3) is 0 Å². The fourth-order valence-electron chi connectivity index (χ4n) is 2.02. The van der Waals surface area contributed by atoms with Gasteiger partial charge in [0.15, 0.2) is 0 Å². The molecular weight excluding hydrogens is 286 g/mol. The number of anilines is 1. The predicted molar refractivity (Wildman–Crippen MR) is 88.4 cm³/mol. The molecule has 1 aromatic carbocycles. The lowest BCUT2D eigenvalue weighted by molar-refractivity contribution is 0.199. The molecule has 0 aliphatic carbocycles. The fraction of sp³-hybridized carbons (Fsp3) is 0.600. The van der Waals surface area contributed by atoms with Gasteiger partial charge >= 0.3 is 0 Å². The molecule has 0 heterocycles. The standard InChI is InChI=1S/C15H27N3O2S/c1-11-8-13(16-5)9-12(2)14(11)21(19,20)17-10-15(3,4)18(6)7/h8-9,16-17H,10H2,1-7H3. The number of sulfonamides is 1. The minimum Gasteiger partial charge on any atom is -0.388 e. The summed E-state index contributed by atoms with van der Waals surface area (Å²) in [6.45, 7) is 7.99. The van der Waals surface area contributed by atoms with E-state index in [0.717, 1.165) is 16.8 Å². The van der Waals surface area contributed by atoms with Crippen molar-refractivity contribution in [1.29, 1.82) is 0 Å². The molecule has 2 N–H and O–H groups in total. The van der Waals surface area contributed by atoms with Crippen LogP contribution in [0.4, 0.5) is 5.69 Å². The van der Waals surface area contributed by atoms with Crippen molar-refractivity contribution in [2.45, 2.75) is 38.1 Å². The Labute approximate surface area is 128 Å². The monoisotopic (exact) mass is 313 g/mol. The van der Waals surface area contributed by atoms with Crippen LogP contribution in [0.3, 0.4) is 0 Å². The van der Waals surface area contributed by atoms with Gasteiger partial charge in [0.05, 0.1) is 4.90 Å². The molecule has 0 radical (unpaired) electrons. The van der Waals surface area contributed by atoms with E-state index in [1.54, 1.807) is 0 Å². The summed E-state index contributed by atoms with van der Waals surface area (Å²) in [6.07, 6.45) is 0. The van der Waals surface area contributed by atoms with Gasteiger partial charge in [0, 0.05) is 24.8 Å². The Bertz CT molecular complexity index is 584. The zero-order valence-electron chi connectivity index (χ0n) is 14.0. The molecule has 1 rings (SSSR count). The van der Waals surface area contributed by atoms with Crippen molar-refractivity contribution < 1.29 is 8.42 Å². The SMILES string of the molecule is CNc1cc(C)c(S(=O)(=O)NCC(C)(C)N(C)C)c(C)c1. The number of nitrogens with zero attached hydrogens (tertiary/aromatic N) is 1. The van der Waals surface area contributed by atoms with Crippen LogP contribution in [0.5, 0.6) is 0 Å². The second-order valence-electron chi connectivity index (χ2n) is 6.22. The minimum absolute atomic E-state index is 0.250. The Morgan fingerprint density at radius 2 is 1.62 bits per heavy atom. The van der Waals surface area contributed by atoms with Crippen LogP contribution in [-0.4, -0.2) is 46.5 Å². The Balaban J connectivity index is 3.10. The quantitative estimate of drug-likeness (QED) is 0.843. The van der Waals surface area contributed by atoms with E-state index in [0.29, 0.717) is 11.4 Å². The van der Waals surface area contributed by atoms with Gasteiger partial charge in [-0.3, -0.25) is 0 Å². The Hall–Kier alpha value is -1.11. The fourth-order valence-corrected chi connectivity index (χ4v) is 3.67. The Morgan fingerprint density at radius 3 is 2.00 bits per heavy atom. The molecule has 0 aromatic heterocycles. The molecule has 0 amide bonds. The molecule has 0 spiro atoms. The molecule has 0 unspecified atom stereocenters. The highest BCUT2D eigenvalue weighted by molar-refractivity contribution is 7.89. The molecule has 5 nitrogen and oxygen atoms in total. The molecule has 0 aliphatic rings. The predicted octanol–water partition coefficient (Wildman–Crippen LogP) is 1.96. The summed E-state index contributed by atoms with van der Waals surface area (Å²) in [5.41, 5.74) is 2.15. The van der Waals surface area contributed by atoms with Gasteiger partial charge in [-0.15, -0.1) is 0 Å². The van der Waals surface area contributed by atoms with Crippen molar-refractivity contribution in [3.05, 3.63) is 23.3 Å². The number of aryl methyl sites for hydroxylation is 2. The first-order valence-corrected chi connectivity index (χ1v) is 8.45. The summed E-state index contributed by atoms with van der Waals surface area (Å²) >= 11 is 0. The molecule has 0 bridgehead atoms. The lowest BCUT2D eigenvalue weighted by Gasteiger charge is -2.32. The van der Waals surface area contributed by atoms with Gasteiger partial charge in [-0.05, 0) is 65.0 Å². The van der Waals surface area contributed by atoms with Gasteiger partial charge in [-0.2, -0.15) is 0 Å². The van der Waals surface area contributed by atoms with E-state index < -0.39 is 10.0 Å². The van der Waals surface area contributed by atoms with Gasteiger partial charge in [0.25, 0.3) is 0 Å². The van der Waals surface area contributed by atoms with E-state index in [1.165, 1.54) is 0 Å². The minimum atomic E-state index is -3.52. The van der Waals surface area contributed by atoms with Crippen molar-refractivity contribution in [2.24, 2.45) is 0 Å². The topological polar surface area (TPSA) is 61.4 Å². The average Bonchev–Trinajstić information content (AvgIpc) is 2.35. The highest BCUT2D eigenvalue weighted by Crippen LogP contribution is 2.24. The number of rotatable bonds is 6. The Kier molecular flexibility index (Phi) is 5.41. The van der Waals surface area contributed by atoms with E-state index in [9.17, 15) is 8.42 Å². The lowest BCUT2D eigenvalue weighted by Crippen LogP contribution is -2.48. The van der Waals surface area contributed by atoms with Crippen molar-refractivity contribution >= 4 is 15.7 Å². The zero-order chi connectivity index (χ0) is 16.4. The number of likely N-dealkylation sites (N-methyl/N-ethyl adjacent to an activating group) is 1. The van der Waals surface area contributed by atoms with Crippen molar-refractivity contribution in [3.8, 4) is 0 Å². The number of hydrogen-bond donors (Lipinski definition) is 2. The summed E-state index contributed by atoms with van der Waals surface area (Å²) < 4.78 is 27.9. The highest BCUT2D eigenvalue weighted by atomic mass is 32.2. The molecule has 120 valence electrons. The average molecular weight is 313 g/mol. The molecule has 6 heteroatoms. The molecule has 21 heavy (non-hydrogen) atoms. The van der Waals surface area contributed by atoms with Crippen LogP contribution in [0, 0.1) is 13.8 Å². The third-order valence-corrected chi connectivity index (χ3v) is 5.63. The molecule has 0 fully saturated rings. The highest BCUT2D eigenvalue weighted by Gasteiger charge is 2.26. The lowest BCUT2D eigenvalue weighted by atomic mass is 10.1. The largest absolute Gasteiger partial charge is 0.388 e.